The van der Waals surface area contributed by atoms with Gasteiger partial charge in [0.1, 0.15) is 11.8 Å². The summed E-state index contributed by atoms with van der Waals surface area (Å²) in [6.45, 7) is 0.150. The van der Waals surface area contributed by atoms with Gasteiger partial charge in [0.25, 0.3) is 0 Å². The molecule has 0 saturated heterocycles. The monoisotopic (exact) mass is 315 g/mol. The van der Waals surface area contributed by atoms with E-state index >= 15 is 0 Å². The van der Waals surface area contributed by atoms with E-state index < -0.39 is 0 Å². The molecule has 0 atom stereocenters. The van der Waals surface area contributed by atoms with Crippen LogP contribution in [0.5, 0.6) is 11.6 Å². The minimum Gasteiger partial charge on any atom is -0.479 e. The van der Waals surface area contributed by atoms with Crippen LogP contribution in [0, 0.1) is 23.7 Å². The summed E-state index contributed by atoms with van der Waals surface area (Å²) < 4.78 is 10.8. The quantitative estimate of drug-likeness (QED) is 0.676. The number of rotatable bonds is 5. The van der Waals surface area contributed by atoms with Crippen LogP contribution in [0.4, 0.5) is 0 Å². The first kappa shape index (κ1) is 15.3. The Morgan fingerprint density at radius 1 is 0.958 bits per heavy atom. The van der Waals surface area contributed by atoms with Crippen molar-refractivity contribution in [3.05, 3.63) is 48.5 Å². The van der Waals surface area contributed by atoms with E-state index in [2.05, 4.69) is 15.9 Å². The van der Waals surface area contributed by atoms with Crippen molar-refractivity contribution in [2.45, 2.75) is 0 Å². The molecule has 0 amide bonds. The fraction of sp³-hybridized carbons (Fsp3) is 0.105. The fourth-order valence-corrected chi connectivity index (χ4v) is 2.21. The van der Waals surface area contributed by atoms with Crippen molar-refractivity contribution in [2.24, 2.45) is 0 Å². The molecule has 0 aliphatic heterocycles. The molecule has 3 rings (SSSR count). The maximum atomic E-state index is 8.54. The highest BCUT2D eigenvalue weighted by atomic mass is 16.5. The molecule has 0 saturated carbocycles. The molecule has 24 heavy (non-hydrogen) atoms. The smallest absolute Gasteiger partial charge is 0.226 e. The standard InChI is InChI=1S/C19H13N3O2/c1-2-12-24-19-16-5-3-4-6-17(16)21-18(22-19)14-7-9-15(10-8-14)23-13-11-20/h1,3-10H,12-13H2. The van der Waals surface area contributed by atoms with Gasteiger partial charge in [-0.3, -0.25) is 0 Å². The van der Waals surface area contributed by atoms with Gasteiger partial charge in [0.15, 0.2) is 19.0 Å². The van der Waals surface area contributed by atoms with E-state index in [0.717, 1.165) is 16.5 Å². The zero-order valence-electron chi connectivity index (χ0n) is 12.8. The lowest BCUT2D eigenvalue weighted by molar-refractivity contribution is 0.360. The summed E-state index contributed by atoms with van der Waals surface area (Å²) in [6.07, 6.45) is 5.27. The topological polar surface area (TPSA) is 68.0 Å². The zero-order valence-corrected chi connectivity index (χ0v) is 12.8. The van der Waals surface area contributed by atoms with Crippen molar-refractivity contribution in [3.63, 3.8) is 0 Å². The number of terminal acetylenes is 1. The summed E-state index contributed by atoms with van der Waals surface area (Å²) in [6, 6.07) is 16.7. The summed E-state index contributed by atoms with van der Waals surface area (Å²) in [5.74, 6) is 4.05. The molecule has 2 aromatic carbocycles. The molecule has 0 aliphatic rings. The Bertz CT molecular complexity index is 937. The first-order chi connectivity index (χ1) is 11.8. The van der Waals surface area contributed by atoms with Crippen molar-refractivity contribution in [1.82, 2.24) is 9.97 Å². The number of fused-ring (bicyclic) bond motifs is 1. The van der Waals surface area contributed by atoms with E-state index in [4.69, 9.17) is 21.2 Å². The number of benzene rings is 2. The van der Waals surface area contributed by atoms with Gasteiger partial charge in [-0.2, -0.15) is 10.2 Å². The highest BCUT2D eigenvalue weighted by Gasteiger charge is 2.10. The number of aromatic nitrogens is 2. The van der Waals surface area contributed by atoms with Crippen LogP contribution in [-0.4, -0.2) is 23.2 Å². The normalized spacial score (nSPS) is 9.92. The molecule has 0 aliphatic carbocycles. The number of para-hydroxylation sites is 1. The van der Waals surface area contributed by atoms with Crippen molar-refractivity contribution in [1.29, 1.82) is 5.26 Å². The van der Waals surface area contributed by atoms with Gasteiger partial charge in [0.05, 0.1) is 10.9 Å². The molecular formula is C19H13N3O2. The molecule has 5 heteroatoms. The fourth-order valence-electron chi connectivity index (χ4n) is 2.21. The molecule has 0 N–H and O–H groups in total. The van der Waals surface area contributed by atoms with Crippen LogP contribution in [0.3, 0.4) is 0 Å². The molecule has 0 fully saturated rings. The second-order valence-corrected chi connectivity index (χ2v) is 4.83. The molecule has 0 bridgehead atoms. The van der Waals surface area contributed by atoms with Crippen molar-refractivity contribution < 1.29 is 9.47 Å². The molecular weight excluding hydrogens is 302 g/mol. The summed E-state index contributed by atoms with van der Waals surface area (Å²) in [5.41, 5.74) is 1.59. The Balaban J connectivity index is 2.00. The number of nitriles is 1. The highest BCUT2D eigenvalue weighted by molar-refractivity contribution is 5.85. The lowest BCUT2D eigenvalue weighted by Gasteiger charge is -2.09. The summed E-state index contributed by atoms with van der Waals surface area (Å²) in [7, 11) is 0. The van der Waals surface area contributed by atoms with E-state index in [-0.39, 0.29) is 13.2 Å². The number of hydrogen-bond donors (Lipinski definition) is 0. The van der Waals surface area contributed by atoms with E-state index in [9.17, 15) is 0 Å². The summed E-state index contributed by atoms with van der Waals surface area (Å²) in [5, 5.41) is 9.35. The third kappa shape index (κ3) is 3.26. The predicted octanol–water partition coefficient (Wildman–Crippen LogP) is 3.21. The SMILES string of the molecule is C#CCOc1nc(-c2ccc(OCC#N)cc2)nc2ccccc12. The van der Waals surface area contributed by atoms with Gasteiger partial charge in [-0.25, -0.2) is 4.98 Å². The van der Waals surface area contributed by atoms with Crippen molar-refractivity contribution in [2.75, 3.05) is 13.2 Å². The van der Waals surface area contributed by atoms with Gasteiger partial charge in [-0.15, -0.1) is 6.42 Å². The van der Waals surface area contributed by atoms with Gasteiger partial charge in [-0.05, 0) is 36.4 Å². The van der Waals surface area contributed by atoms with Crippen LogP contribution in [0.2, 0.25) is 0 Å². The lowest BCUT2D eigenvalue weighted by atomic mass is 10.2. The largest absolute Gasteiger partial charge is 0.479 e. The zero-order chi connectivity index (χ0) is 16.8. The molecule has 116 valence electrons. The van der Waals surface area contributed by atoms with Crippen LogP contribution in [0.15, 0.2) is 48.5 Å². The maximum Gasteiger partial charge on any atom is 0.226 e. The molecule has 0 radical (unpaired) electrons. The summed E-state index contributed by atoms with van der Waals surface area (Å²) in [4.78, 5) is 9.05. The Kier molecular flexibility index (Phi) is 4.55. The second kappa shape index (κ2) is 7.13. The minimum atomic E-state index is 0.00982. The van der Waals surface area contributed by atoms with Gasteiger partial charge >= 0.3 is 0 Å². The molecule has 1 aromatic heterocycles. The molecule has 5 nitrogen and oxygen atoms in total. The number of nitrogens with zero attached hydrogens (tertiary/aromatic N) is 3. The number of ether oxygens (including phenoxy) is 2. The van der Waals surface area contributed by atoms with E-state index in [0.29, 0.717) is 17.5 Å². The third-order valence-corrected chi connectivity index (χ3v) is 3.28. The lowest BCUT2D eigenvalue weighted by Crippen LogP contribution is -2.00. The average molecular weight is 315 g/mol. The minimum absolute atomic E-state index is 0.00982. The van der Waals surface area contributed by atoms with E-state index in [1.165, 1.54) is 0 Å². The highest BCUT2D eigenvalue weighted by Crippen LogP contribution is 2.27. The second-order valence-electron chi connectivity index (χ2n) is 4.83. The van der Waals surface area contributed by atoms with Gasteiger partial charge in [0, 0.05) is 5.56 Å². The van der Waals surface area contributed by atoms with Crippen LogP contribution in [-0.2, 0) is 0 Å². The van der Waals surface area contributed by atoms with E-state index in [1.54, 1.807) is 12.1 Å². The Labute approximate surface area is 139 Å². The molecule has 1 heterocycles. The summed E-state index contributed by atoms with van der Waals surface area (Å²) >= 11 is 0. The maximum absolute atomic E-state index is 8.54. The first-order valence-electron chi connectivity index (χ1n) is 7.25. The Hall–Kier alpha value is -3.57. The van der Waals surface area contributed by atoms with Crippen molar-refractivity contribution >= 4 is 10.9 Å². The van der Waals surface area contributed by atoms with Gasteiger partial charge < -0.3 is 9.47 Å². The number of hydrogen-bond acceptors (Lipinski definition) is 5. The van der Waals surface area contributed by atoms with Crippen molar-refractivity contribution in [3.8, 4) is 41.4 Å². The third-order valence-electron chi connectivity index (χ3n) is 3.28. The van der Waals surface area contributed by atoms with Gasteiger partial charge in [0.2, 0.25) is 5.88 Å². The van der Waals surface area contributed by atoms with Gasteiger partial charge in [-0.1, -0.05) is 18.1 Å². The predicted molar refractivity (Wildman–Crippen MR) is 90.4 cm³/mol. The van der Waals surface area contributed by atoms with Crippen LogP contribution < -0.4 is 9.47 Å². The molecule has 3 aromatic rings. The average Bonchev–Trinajstić information content (AvgIpc) is 2.64. The van der Waals surface area contributed by atoms with Crippen LogP contribution >= 0.6 is 0 Å². The van der Waals surface area contributed by atoms with E-state index in [1.807, 2.05) is 42.5 Å². The Morgan fingerprint density at radius 2 is 1.75 bits per heavy atom. The molecule has 0 spiro atoms. The first-order valence-corrected chi connectivity index (χ1v) is 7.25. The Morgan fingerprint density at radius 3 is 2.50 bits per heavy atom. The molecule has 0 unspecified atom stereocenters. The van der Waals surface area contributed by atoms with Crippen LogP contribution in [0.1, 0.15) is 0 Å². The van der Waals surface area contributed by atoms with Crippen LogP contribution in [0.25, 0.3) is 22.3 Å².